The molecule has 3 N–H and O–H groups in total. The summed E-state index contributed by atoms with van der Waals surface area (Å²) in [5, 5.41) is 13.9. The van der Waals surface area contributed by atoms with Crippen LogP contribution in [-0.2, 0) is 14.4 Å². The molecule has 104 valence electrons. The maximum absolute atomic E-state index is 11.5. The fourth-order valence-electron chi connectivity index (χ4n) is 1.51. The fraction of sp³-hybridized carbons (Fsp3) is 0.750. The highest BCUT2D eigenvalue weighted by Gasteiger charge is 2.18. The Morgan fingerprint density at radius 3 is 2.22 bits per heavy atom. The Bertz CT molecular complexity index is 292. The van der Waals surface area contributed by atoms with Crippen LogP contribution in [-0.4, -0.2) is 35.5 Å². The van der Waals surface area contributed by atoms with Gasteiger partial charge in [-0.1, -0.05) is 13.3 Å². The van der Waals surface area contributed by atoms with Crippen molar-refractivity contribution < 1.29 is 19.5 Å². The van der Waals surface area contributed by atoms with E-state index < -0.39 is 12.0 Å². The van der Waals surface area contributed by atoms with Gasteiger partial charge >= 0.3 is 5.97 Å². The van der Waals surface area contributed by atoms with Gasteiger partial charge in [-0.05, 0) is 19.8 Å². The molecule has 0 aliphatic rings. The van der Waals surface area contributed by atoms with E-state index in [4.69, 9.17) is 5.11 Å². The SMILES string of the molecule is CCCC(NC(=O)CCCC(=O)NCC)C(=O)O. The number of carboxylic acids is 1. The molecule has 2 amide bonds. The summed E-state index contributed by atoms with van der Waals surface area (Å²) in [7, 11) is 0. The first kappa shape index (κ1) is 16.4. The summed E-state index contributed by atoms with van der Waals surface area (Å²) >= 11 is 0. The minimum atomic E-state index is -1.02. The first-order valence-corrected chi connectivity index (χ1v) is 6.30. The van der Waals surface area contributed by atoms with E-state index in [9.17, 15) is 14.4 Å². The molecule has 0 aliphatic heterocycles. The molecule has 0 aromatic rings. The molecule has 0 saturated heterocycles. The highest BCUT2D eigenvalue weighted by molar-refractivity contribution is 5.84. The first-order chi connectivity index (χ1) is 8.51. The minimum Gasteiger partial charge on any atom is -0.480 e. The summed E-state index contributed by atoms with van der Waals surface area (Å²) in [6.07, 6.45) is 1.99. The van der Waals surface area contributed by atoms with E-state index in [1.807, 2.05) is 13.8 Å². The standard InChI is InChI=1S/C12H22N2O4/c1-3-6-9(12(17)18)14-11(16)8-5-7-10(15)13-4-2/h9H,3-8H2,1-2H3,(H,13,15)(H,14,16)(H,17,18). The van der Waals surface area contributed by atoms with Crippen molar-refractivity contribution in [1.29, 1.82) is 0 Å². The van der Waals surface area contributed by atoms with Crippen LogP contribution < -0.4 is 10.6 Å². The lowest BCUT2D eigenvalue weighted by Gasteiger charge is -2.13. The van der Waals surface area contributed by atoms with E-state index in [0.29, 0.717) is 25.8 Å². The Morgan fingerprint density at radius 1 is 1.11 bits per heavy atom. The summed E-state index contributed by atoms with van der Waals surface area (Å²) in [6.45, 7) is 4.26. The van der Waals surface area contributed by atoms with Gasteiger partial charge in [0, 0.05) is 19.4 Å². The third kappa shape index (κ3) is 7.65. The second kappa shape index (κ2) is 9.44. The molecule has 0 bridgehead atoms. The van der Waals surface area contributed by atoms with Crippen molar-refractivity contribution in [2.45, 2.75) is 52.0 Å². The van der Waals surface area contributed by atoms with Crippen LogP contribution in [0.3, 0.4) is 0 Å². The van der Waals surface area contributed by atoms with E-state index in [2.05, 4.69) is 10.6 Å². The average Bonchev–Trinajstić information content (AvgIpc) is 2.28. The van der Waals surface area contributed by atoms with Crippen LogP contribution >= 0.6 is 0 Å². The molecule has 1 unspecified atom stereocenters. The van der Waals surface area contributed by atoms with Crippen LogP contribution in [0.25, 0.3) is 0 Å². The fourth-order valence-corrected chi connectivity index (χ4v) is 1.51. The lowest BCUT2D eigenvalue weighted by molar-refractivity contribution is -0.142. The average molecular weight is 258 g/mol. The van der Waals surface area contributed by atoms with E-state index in [1.165, 1.54) is 0 Å². The van der Waals surface area contributed by atoms with Crippen molar-refractivity contribution in [2.24, 2.45) is 0 Å². The van der Waals surface area contributed by atoms with Gasteiger partial charge in [-0.3, -0.25) is 9.59 Å². The van der Waals surface area contributed by atoms with E-state index in [0.717, 1.165) is 0 Å². The number of carbonyl (C=O) groups excluding carboxylic acids is 2. The third-order valence-corrected chi connectivity index (χ3v) is 2.39. The summed E-state index contributed by atoms with van der Waals surface area (Å²) in [5.41, 5.74) is 0. The van der Waals surface area contributed by atoms with Gasteiger partial charge in [0.2, 0.25) is 11.8 Å². The van der Waals surface area contributed by atoms with Crippen molar-refractivity contribution in [2.75, 3.05) is 6.54 Å². The lowest BCUT2D eigenvalue weighted by atomic mass is 10.1. The van der Waals surface area contributed by atoms with Crippen LogP contribution in [0.2, 0.25) is 0 Å². The van der Waals surface area contributed by atoms with Crippen molar-refractivity contribution in [3.05, 3.63) is 0 Å². The zero-order valence-electron chi connectivity index (χ0n) is 11.0. The second-order valence-electron chi connectivity index (χ2n) is 4.05. The lowest BCUT2D eigenvalue weighted by Crippen LogP contribution is -2.40. The zero-order chi connectivity index (χ0) is 14.0. The van der Waals surface area contributed by atoms with Gasteiger partial charge in [-0.2, -0.15) is 0 Å². The van der Waals surface area contributed by atoms with Crippen LogP contribution in [0.4, 0.5) is 0 Å². The maximum atomic E-state index is 11.5. The smallest absolute Gasteiger partial charge is 0.326 e. The molecule has 0 aromatic carbocycles. The van der Waals surface area contributed by atoms with E-state index in [-0.39, 0.29) is 24.7 Å². The molecule has 18 heavy (non-hydrogen) atoms. The predicted molar refractivity (Wildman–Crippen MR) is 67.0 cm³/mol. The molecule has 0 fully saturated rings. The Morgan fingerprint density at radius 2 is 1.72 bits per heavy atom. The minimum absolute atomic E-state index is 0.0892. The summed E-state index contributed by atoms with van der Waals surface area (Å²) in [4.78, 5) is 33.4. The number of rotatable bonds is 9. The summed E-state index contributed by atoms with van der Waals surface area (Å²) < 4.78 is 0. The number of carbonyl (C=O) groups is 3. The highest BCUT2D eigenvalue weighted by Crippen LogP contribution is 2.00. The molecule has 0 rings (SSSR count). The van der Waals surface area contributed by atoms with E-state index in [1.54, 1.807) is 0 Å². The van der Waals surface area contributed by atoms with Crippen LogP contribution in [0.1, 0.15) is 46.0 Å². The van der Waals surface area contributed by atoms with Crippen molar-refractivity contribution in [1.82, 2.24) is 10.6 Å². The van der Waals surface area contributed by atoms with Crippen molar-refractivity contribution >= 4 is 17.8 Å². The molecule has 0 aromatic heterocycles. The summed E-state index contributed by atoms with van der Waals surface area (Å²) in [5.74, 6) is -1.43. The van der Waals surface area contributed by atoms with Gasteiger partial charge < -0.3 is 15.7 Å². The van der Waals surface area contributed by atoms with Gasteiger partial charge in [-0.15, -0.1) is 0 Å². The molecular formula is C12H22N2O4. The van der Waals surface area contributed by atoms with Gasteiger partial charge in [0.25, 0.3) is 0 Å². The molecule has 6 nitrogen and oxygen atoms in total. The molecule has 6 heteroatoms. The topological polar surface area (TPSA) is 95.5 Å². The largest absolute Gasteiger partial charge is 0.480 e. The number of carboxylic acid groups (broad SMARTS) is 1. The first-order valence-electron chi connectivity index (χ1n) is 6.30. The molecule has 0 saturated carbocycles. The quantitative estimate of drug-likeness (QED) is 0.566. The maximum Gasteiger partial charge on any atom is 0.326 e. The Kier molecular flexibility index (Phi) is 8.61. The molecule has 1 atom stereocenters. The Labute approximate surface area is 107 Å². The second-order valence-corrected chi connectivity index (χ2v) is 4.05. The number of hydrogen-bond donors (Lipinski definition) is 3. The highest BCUT2D eigenvalue weighted by atomic mass is 16.4. The van der Waals surface area contributed by atoms with Crippen molar-refractivity contribution in [3.8, 4) is 0 Å². The normalized spacial score (nSPS) is 11.7. The Balaban J connectivity index is 3.88. The van der Waals surface area contributed by atoms with E-state index >= 15 is 0 Å². The number of amides is 2. The van der Waals surface area contributed by atoms with Crippen LogP contribution in [0.5, 0.6) is 0 Å². The molecule has 0 aliphatic carbocycles. The molecular weight excluding hydrogens is 236 g/mol. The summed E-state index contributed by atoms with van der Waals surface area (Å²) in [6, 6.07) is -0.827. The van der Waals surface area contributed by atoms with Gasteiger partial charge in [0.1, 0.15) is 6.04 Å². The van der Waals surface area contributed by atoms with Crippen LogP contribution in [0.15, 0.2) is 0 Å². The number of nitrogens with one attached hydrogen (secondary N) is 2. The Hall–Kier alpha value is -1.59. The predicted octanol–water partition coefficient (Wildman–Crippen LogP) is 0.662. The number of hydrogen-bond acceptors (Lipinski definition) is 3. The van der Waals surface area contributed by atoms with Crippen molar-refractivity contribution in [3.63, 3.8) is 0 Å². The zero-order valence-corrected chi connectivity index (χ0v) is 11.0. The number of aliphatic carboxylic acids is 1. The van der Waals surface area contributed by atoms with Crippen LogP contribution in [0, 0.1) is 0 Å². The van der Waals surface area contributed by atoms with Gasteiger partial charge in [0.05, 0.1) is 0 Å². The van der Waals surface area contributed by atoms with Gasteiger partial charge in [-0.25, -0.2) is 4.79 Å². The molecule has 0 spiro atoms. The molecule has 0 heterocycles. The third-order valence-electron chi connectivity index (χ3n) is 2.39. The van der Waals surface area contributed by atoms with Gasteiger partial charge in [0.15, 0.2) is 0 Å². The molecule has 0 radical (unpaired) electrons. The monoisotopic (exact) mass is 258 g/mol.